The van der Waals surface area contributed by atoms with Gasteiger partial charge in [-0.05, 0) is 19.9 Å². The molecule has 0 saturated carbocycles. The predicted molar refractivity (Wildman–Crippen MR) is 73.2 cm³/mol. The Bertz CT molecular complexity index is 543. The Morgan fingerprint density at radius 2 is 2.16 bits per heavy atom. The lowest BCUT2D eigenvalue weighted by Gasteiger charge is -2.07. The van der Waals surface area contributed by atoms with Gasteiger partial charge in [-0.3, -0.25) is 4.68 Å². The average molecular weight is 263 g/mol. The fraction of sp³-hybridized carbons (Fsp3) is 0.538. The van der Waals surface area contributed by atoms with E-state index in [1.165, 1.54) is 0 Å². The van der Waals surface area contributed by atoms with E-state index in [0.29, 0.717) is 0 Å². The number of ether oxygens (including phenoxy) is 1. The van der Waals surface area contributed by atoms with Crippen LogP contribution in [0.15, 0.2) is 12.4 Å². The number of hydrogen-bond acceptors (Lipinski definition) is 4. The number of nitrogens with one attached hydrogen (secondary N) is 1. The Labute approximate surface area is 113 Å². The van der Waals surface area contributed by atoms with E-state index in [9.17, 15) is 0 Å². The molecule has 2 aromatic heterocycles. The van der Waals surface area contributed by atoms with Gasteiger partial charge in [0.1, 0.15) is 0 Å². The maximum atomic E-state index is 5.89. The van der Waals surface area contributed by atoms with Crippen LogP contribution >= 0.6 is 0 Å². The normalized spacial score (nSPS) is 10.9. The third kappa shape index (κ3) is 3.14. The van der Waals surface area contributed by atoms with Crippen LogP contribution in [0, 0.1) is 6.92 Å². The molecular weight excluding hydrogens is 242 g/mol. The molecule has 0 spiro atoms. The van der Waals surface area contributed by atoms with Crippen LogP contribution in [-0.2, 0) is 20.6 Å². The summed E-state index contributed by atoms with van der Waals surface area (Å²) >= 11 is 0. The topological polar surface area (TPSA) is 56.9 Å². The first-order chi connectivity index (χ1) is 9.11. The predicted octanol–water partition coefficient (Wildman–Crippen LogP) is 1.75. The second-order valence-electron chi connectivity index (χ2n) is 4.62. The van der Waals surface area contributed by atoms with E-state index in [1.54, 1.807) is 15.6 Å². The van der Waals surface area contributed by atoms with Gasteiger partial charge >= 0.3 is 0 Å². The van der Waals surface area contributed by atoms with E-state index in [4.69, 9.17) is 4.74 Å². The van der Waals surface area contributed by atoms with Crippen molar-refractivity contribution in [1.29, 1.82) is 0 Å². The Hall–Kier alpha value is -1.82. The molecule has 1 N–H and O–H groups in total. The minimum Gasteiger partial charge on any atom is -0.436 e. The summed E-state index contributed by atoms with van der Waals surface area (Å²) in [6, 6.07) is 0. The van der Waals surface area contributed by atoms with E-state index in [-0.39, 0.29) is 0 Å². The van der Waals surface area contributed by atoms with E-state index in [2.05, 4.69) is 22.4 Å². The highest BCUT2D eigenvalue weighted by Gasteiger charge is 2.15. The van der Waals surface area contributed by atoms with Crippen molar-refractivity contribution in [3.8, 4) is 11.6 Å². The van der Waals surface area contributed by atoms with Crippen molar-refractivity contribution < 1.29 is 4.74 Å². The molecule has 2 rings (SSSR count). The van der Waals surface area contributed by atoms with Crippen molar-refractivity contribution in [1.82, 2.24) is 24.9 Å². The summed E-state index contributed by atoms with van der Waals surface area (Å²) in [5, 5.41) is 11.9. The molecule has 0 saturated heterocycles. The van der Waals surface area contributed by atoms with Crippen LogP contribution in [0.4, 0.5) is 0 Å². The first-order valence-corrected chi connectivity index (χ1v) is 6.51. The monoisotopic (exact) mass is 263 g/mol. The summed E-state index contributed by atoms with van der Waals surface area (Å²) in [6.45, 7) is 5.90. The van der Waals surface area contributed by atoms with E-state index in [1.807, 2.05) is 27.2 Å². The van der Waals surface area contributed by atoms with Crippen LogP contribution in [0.2, 0.25) is 0 Å². The van der Waals surface area contributed by atoms with Crippen molar-refractivity contribution in [2.75, 3.05) is 6.54 Å². The summed E-state index contributed by atoms with van der Waals surface area (Å²) < 4.78 is 9.37. The molecule has 0 bridgehead atoms. The summed E-state index contributed by atoms with van der Waals surface area (Å²) in [4.78, 5) is 0. The second-order valence-corrected chi connectivity index (χ2v) is 4.62. The molecule has 0 radical (unpaired) electrons. The fourth-order valence-electron chi connectivity index (χ4n) is 1.97. The summed E-state index contributed by atoms with van der Waals surface area (Å²) in [7, 11) is 3.76. The van der Waals surface area contributed by atoms with Crippen LogP contribution in [0.25, 0.3) is 0 Å². The molecule has 19 heavy (non-hydrogen) atoms. The zero-order valence-corrected chi connectivity index (χ0v) is 12.0. The minimum atomic E-state index is 0.724. The van der Waals surface area contributed by atoms with Gasteiger partial charge < -0.3 is 10.1 Å². The van der Waals surface area contributed by atoms with E-state index < -0.39 is 0 Å². The lowest BCUT2D eigenvalue weighted by Crippen LogP contribution is -2.14. The molecule has 6 heteroatoms. The molecule has 2 aromatic rings. The standard InChI is InChI=1S/C13H21N5O/c1-5-6-14-8-12-10(2)16-18(4)13(12)19-11-7-15-17(3)9-11/h7,9,14H,5-6,8H2,1-4H3. The smallest absolute Gasteiger partial charge is 0.222 e. The van der Waals surface area contributed by atoms with Gasteiger partial charge in [-0.15, -0.1) is 0 Å². The first kappa shape index (κ1) is 13.6. The lowest BCUT2D eigenvalue weighted by atomic mass is 10.2. The molecular formula is C13H21N5O. The highest BCUT2D eigenvalue weighted by Crippen LogP contribution is 2.26. The van der Waals surface area contributed by atoms with Gasteiger partial charge in [0.2, 0.25) is 5.88 Å². The lowest BCUT2D eigenvalue weighted by molar-refractivity contribution is 0.423. The van der Waals surface area contributed by atoms with Gasteiger partial charge in [-0.1, -0.05) is 6.92 Å². The molecule has 0 aliphatic rings. The molecule has 6 nitrogen and oxygen atoms in total. The van der Waals surface area contributed by atoms with Gasteiger partial charge in [0.05, 0.1) is 23.7 Å². The Morgan fingerprint density at radius 1 is 1.37 bits per heavy atom. The molecule has 0 aliphatic heterocycles. The van der Waals surface area contributed by atoms with Crippen LogP contribution in [0.3, 0.4) is 0 Å². The number of nitrogens with zero attached hydrogens (tertiary/aromatic N) is 4. The molecule has 0 aromatic carbocycles. The van der Waals surface area contributed by atoms with Crippen molar-refractivity contribution in [3.05, 3.63) is 23.7 Å². The zero-order valence-electron chi connectivity index (χ0n) is 12.0. The Kier molecular flexibility index (Phi) is 4.21. The van der Waals surface area contributed by atoms with Crippen LogP contribution in [0.1, 0.15) is 24.6 Å². The van der Waals surface area contributed by atoms with Gasteiger partial charge in [-0.25, -0.2) is 4.68 Å². The number of rotatable bonds is 6. The van der Waals surface area contributed by atoms with Crippen LogP contribution in [0.5, 0.6) is 11.6 Å². The number of aromatic nitrogens is 4. The first-order valence-electron chi connectivity index (χ1n) is 6.51. The maximum Gasteiger partial charge on any atom is 0.222 e. The molecule has 104 valence electrons. The minimum absolute atomic E-state index is 0.724. The quantitative estimate of drug-likeness (QED) is 0.807. The molecule has 0 atom stereocenters. The van der Waals surface area contributed by atoms with E-state index in [0.717, 1.165) is 42.4 Å². The second kappa shape index (κ2) is 5.88. The molecule has 0 fully saturated rings. The number of aryl methyl sites for hydroxylation is 3. The largest absolute Gasteiger partial charge is 0.436 e. The summed E-state index contributed by atoms with van der Waals surface area (Å²) in [6.07, 6.45) is 4.65. The van der Waals surface area contributed by atoms with E-state index >= 15 is 0 Å². The zero-order chi connectivity index (χ0) is 13.8. The van der Waals surface area contributed by atoms with Gasteiger partial charge in [-0.2, -0.15) is 10.2 Å². The van der Waals surface area contributed by atoms with Crippen molar-refractivity contribution in [2.45, 2.75) is 26.8 Å². The number of hydrogen-bond donors (Lipinski definition) is 1. The fourth-order valence-corrected chi connectivity index (χ4v) is 1.97. The maximum absolute atomic E-state index is 5.89. The molecule has 2 heterocycles. The SMILES string of the molecule is CCCNCc1c(C)nn(C)c1Oc1cnn(C)c1. The third-order valence-electron chi connectivity index (χ3n) is 2.91. The van der Waals surface area contributed by atoms with Crippen molar-refractivity contribution in [2.24, 2.45) is 14.1 Å². The Morgan fingerprint density at radius 3 is 2.79 bits per heavy atom. The van der Waals surface area contributed by atoms with Crippen LogP contribution in [-0.4, -0.2) is 26.1 Å². The van der Waals surface area contributed by atoms with Crippen molar-refractivity contribution >= 4 is 0 Å². The molecule has 0 amide bonds. The summed E-state index contributed by atoms with van der Waals surface area (Å²) in [5.41, 5.74) is 2.09. The highest BCUT2D eigenvalue weighted by atomic mass is 16.5. The van der Waals surface area contributed by atoms with Gasteiger partial charge in [0.15, 0.2) is 5.75 Å². The molecule has 0 aliphatic carbocycles. The summed E-state index contributed by atoms with van der Waals surface area (Å²) in [5.74, 6) is 1.50. The highest BCUT2D eigenvalue weighted by molar-refractivity contribution is 5.34. The molecule has 0 unspecified atom stereocenters. The van der Waals surface area contributed by atoms with Crippen LogP contribution < -0.4 is 10.1 Å². The third-order valence-corrected chi connectivity index (χ3v) is 2.91. The van der Waals surface area contributed by atoms with Gasteiger partial charge in [0, 0.05) is 20.6 Å². The van der Waals surface area contributed by atoms with Gasteiger partial charge in [0.25, 0.3) is 0 Å². The Balaban J connectivity index is 2.18. The van der Waals surface area contributed by atoms with Crippen molar-refractivity contribution in [3.63, 3.8) is 0 Å². The average Bonchev–Trinajstić information content (AvgIpc) is 2.88.